The molecule has 2 aliphatic rings. The monoisotopic (exact) mass is 463 g/mol. The summed E-state index contributed by atoms with van der Waals surface area (Å²) < 4.78 is 37.8. The van der Waals surface area contributed by atoms with Crippen molar-refractivity contribution in [2.24, 2.45) is 5.73 Å². The first-order valence-electron chi connectivity index (χ1n) is 10.1. The number of amides is 2. The molecule has 2 heterocycles. The quantitative estimate of drug-likeness (QED) is 0.309. The molecule has 0 aromatic rings. The van der Waals surface area contributed by atoms with E-state index in [0.717, 1.165) is 6.26 Å². The molecule has 2 aliphatic heterocycles. The molecule has 0 bridgehead atoms. The number of piperazine rings is 1. The van der Waals surface area contributed by atoms with Gasteiger partial charge >= 0.3 is 12.2 Å². The van der Waals surface area contributed by atoms with E-state index >= 15 is 0 Å². The fraction of sp³-hybridized carbons (Fsp3) is 0.833. The number of cyclic esters (lactones) is 1. The van der Waals surface area contributed by atoms with Crippen LogP contribution in [0, 0.1) is 5.41 Å². The van der Waals surface area contributed by atoms with E-state index in [4.69, 9.17) is 24.8 Å². The van der Waals surface area contributed by atoms with Gasteiger partial charge in [0.05, 0.1) is 12.3 Å². The number of hydrogen-bond donors (Lipinski definition) is 2. The summed E-state index contributed by atoms with van der Waals surface area (Å²) in [4.78, 5) is 29.4. The summed E-state index contributed by atoms with van der Waals surface area (Å²) in [7, 11) is -3.75. The van der Waals surface area contributed by atoms with Gasteiger partial charge in [-0.3, -0.25) is 20.1 Å². The summed E-state index contributed by atoms with van der Waals surface area (Å²) in [6.07, 6.45) is -0.807. The highest BCUT2D eigenvalue weighted by atomic mass is 32.2. The molecule has 178 valence electrons. The van der Waals surface area contributed by atoms with Crippen LogP contribution in [0.15, 0.2) is 0 Å². The first-order chi connectivity index (χ1) is 14.2. The Bertz CT molecular complexity index is 798. The number of carbonyl (C=O) groups is 2. The second-order valence-corrected chi connectivity index (χ2v) is 10.4. The highest BCUT2D eigenvalue weighted by molar-refractivity contribution is 7.86. The van der Waals surface area contributed by atoms with Crippen LogP contribution in [-0.4, -0.2) is 104 Å². The minimum atomic E-state index is -3.75. The Morgan fingerprint density at radius 1 is 1.29 bits per heavy atom. The number of ether oxygens (including phenoxy) is 2. The zero-order chi connectivity index (χ0) is 23.6. The Kier molecular flexibility index (Phi) is 7.76. The molecule has 0 aromatic heterocycles. The lowest BCUT2D eigenvalue weighted by Crippen LogP contribution is -2.60. The third-order valence-electron chi connectivity index (χ3n) is 4.93. The van der Waals surface area contributed by atoms with E-state index in [0.29, 0.717) is 39.1 Å². The molecule has 2 rings (SSSR count). The molecule has 0 aromatic carbocycles. The first-order valence-corrected chi connectivity index (χ1v) is 11.9. The predicted molar refractivity (Wildman–Crippen MR) is 112 cm³/mol. The van der Waals surface area contributed by atoms with Crippen molar-refractivity contribution in [1.29, 1.82) is 5.41 Å². The van der Waals surface area contributed by atoms with Gasteiger partial charge in [-0.25, -0.2) is 13.8 Å². The second kappa shape index (κ2) is 9.57. The standard InChI is InChI=1S/C18H33N5O7S/c1-12-15(30-31(5,26)27)28-16(24)22(12)8-6-7-21-9-10-23(13(11-21)14(19)20)17(25)29-18(2,3)4/h12-13,15H,6-11H2,1-5H3,(H3,19,20). The molecule has 2 saturated heterocycles. The van der Waals surface area contributed by atoms with Crippen LogP contribution in [0.4, 0.5) is 9.59 Å². The average molecular weight is 464 g/mol. The molecule has 2 fully saturated rings. The summed E-state index contributed by atoms with van der Waals surface area (Å²) in [5, 5.41) is 7.86. The van der Waals surface area contributed by atoms with Crippen molar-refractivity contribution in [2.75, 3.05) is 39.0 Å². The largest absolute Gasteiger partial charge is 0.444 e. The average Bonchev–Trinajstić information content (AvgIpc) is 2.85. The molecular formula is C18H33N5O7S. The third-order valence-corrected chi connectivity index (χ3v) is 5.47. The predicted octanol–water partition coefficient (Wildman–Crippen LogP) is 0.377. The van der Waals surface area contributed by atoms with Gasteiger partial charge in [0.1, 0.15) is 17.5 Å². The molecule has 2 amide bonds. The van der Waals surface area contributed by atoms with Crippen molar-refractivity contribution in [2.45, 2.75) is 58.1 Å². The molecule has 3 N–H and O–H groups in total. The normalized spacial score (nSPS) is 25.5. The molecule has 3 unspecified atom stereocenters. The van der Waals surface area contributed by atoms with E-state index in [1.165, 1.54) is 9.80 Å². The Morgan fingerprint density at radius 3 is 2.48 bits per heavy atom. The fourth-order valence-corrected chi connectivity index (χ4v) is 4.00. The Morgan fingerprint density at radius 2 is 1.94 bits per heavy atom. The number of rotatable bonds is 7. The lowest BCUT2D eigenvalue weighted by molar-refractivity contribution is -0.00747. The van der Waals surface area contributed by atoms with Gasteiger partial charge in [0.25, 0.3) is 10.1 Å². The highest BCUT2D eigenvalue weighted by Crippen LogP contribution is 2.22. The minimum Gasteiger partial charge on any atom is -0.444 e. The van der Waals surface area contributed by atoms with Gasteiger partial charge in [-0.2, -0.15) is 8.42 Å². The van der Waals surface area contributed by atoms with Gasteiger partial charge in [0, 0.05) is 26.2 Å². The molecule has 13 heteroatoms. The van der Waals surface area contributed by atoms with Crippen molar-refractivity contribution < 1.29 is 31.7 Å². The number of amidine groups is 1. The summed E-state index contributed by atoms with van der Waals surface area (Å²) in [5.74, 6) is -0.118. The molecule has 12 nitrogen and oxygen atoms in total. The Hall–Kier alpha value is -2.12. The van der Waals surface area contributed by atoms with Gasteiger partial charge in [-0.15, -0.1) is 0 Å². The van der Waals surface area contributed by atoms with Crippen LogP contribution >= 0.6 is 0 Å². The van der Waals surface area contributed by atoms with Crippen LogP contribution in [-0.2, 0) is 23.8 Å². The maximum absolute atomic E-state index is 12.4. The van der Waals surface area contributed by atoms with Gasteiger partial charge < -0.3 is 15.2 Å². The number of nitrogens with two attached hydrogens (primary N) is 1. The van der Waals surface area contributed by atoms with Crippen LogP contribution in [0.3, 0.4) is 0 Å². The van der Waals surface area contributed by atoms with E-state index in [2.05, 4.69) is 4.90 Å². The van der Waals surface area contributed by atoms with Crippen molar-refractivity contribution in [1.82, 2.24) is 14.7 Å². The lowest BCUT2D eigenvalue weighted by atomic mass is 10.1. The molecular weight excluding hydrogens is 430 g/mol. The number of nitrogens with zero attached hydrogens (tertiary/aromatic N) is 3. The molecule has 0 spiro atoms. The lowest BCUT2D eigenvalue weighted by Gasteiger charge is -2.41. The Labute approximate surface area is 183 Å². The van der Waals surface area contributed by atoms with Crippen molar-refractivity contribution in [3.63, 3.8) is 0 Å². The molecule has 0 saturated carbocycles. The SMILES string of the molecule is CC1C(OS(C)(=O)=O)OC(=O)N1CCCN1CCN(C(=O)OC(C)(C)C)C(C(=N)N)C1. The van der Waals surface area contributed by atoms with Crippen LogP contribution in [0.25, 0.3) is 0 Å². The third kappa shape index (κ3) is 7.21. The van der Waals surface area contributed by atoms with Crippen molar-refractivity contribution in [3.05, 3.63) is 0 Å². The topological polar surface area (TPSA) is 156 Å². The second-order valence-electron chi connectivity index (χ2n) is 8.79. The summed E-state index contributed by atoms with van der Waals surface area (Å²) in [6.45, 7) is 9.26. The van der Waals surface area contributed by atoms with Gasteiger partial charge in [0.2, 0.25) is 6.29 Å². The van der Waals surface area contributed by atoms with E-state index in [-0.39, 0.29) is 5.84 Å². The minimum absolute atomic E-state index is 0.118. The van der Waals surface area contributed by atoms with Crippen LogP contribution < -0.4 is 5.73 Å². The summed E-state index contributed by atoms with van der Waals surface area (Å²) >= 11 is 0. The van der Waals surface area contributed by atoms with Crippen LogP contribution in [0.2, 0.25) is 0 Å². The number of carbonyl (C=O) groups excluding carboxylic acids is 2. The van der Waals surface area contributed by atoms with Gasteiger partial charge in [0.15, 0.2) is 0 Å². The van der Waals surface area contributed by atoms with Gasteiger partial charge in [-0.1, -0.05) is 0 Å². The van der Waals surface area contributed by atoms with Crippen LogP contribution in [0.5, 0.6) is 0 Å². The van der Waals surface area contributed by atoms with Crippen molar-refractivity contribution in [3.8, 4) is 0 Å². The molecule has 31 heavy (non-hydrogen) atoms. The molecule has 0 radical (unpaired) electrons. The van der Waals surface area contributed by atoms with E-state index < -0.39 is 46.3 Å². The fourth-order valence-electron chi connectivity index (χ4n) is 3.46. The zero-order valence-electron chi connectivity index (χ0n) is 18.7. The smallest absolute Gasteiger partial charge is 0.412 e. The van der Waals surface area contributed by atoms with Gasteiger partial charge in [-0.05, 0) is 40.7 Å². The summed E-state index contributed by atoms with van der Waals surface area (Å²) in [6, 6.07) is -1.14. The van der Waals surface area contributed by atoms with E-state index in [9.17, 15) is 18.0 Å². The van der Waals surface area contributed by atoms with Crippen molar-refractivity contribution >= 4 is 28.1 Å². The first kappa shape index (κ1) is 25.1. The number of hydrogen-bond acceptors (Lipinski definition) is 9. The maximum Gasteiger partial charge on any atom is 0.412 e. The van der Waals surface area contributed by atoms with E-state index in [1.807, 2.05) is 0 Å². The Balaban J connectivity index is 1.88. The van der Waals surface area contributed by atoms with Crippen LogP contribution in [0.1, 0.15) is 34.1 Å². The zero-order valence-corrected chi connectivity index (χ0v) is 19.5. The number of nitrogens with one attached hydrogen (secondary N) is 1. The molecule has 3 atom stereocenters. The highest BCUT2D eigenvalue weighted by Gasteiger charge is 2.41. The molecule has 0 aliphatic carbocycles. The van der Waals surface area contributed by atoms with E-state index in [1.54, 1.807) is 27.7 Å². The summed E-state index contributed by atoms with van der Waals surface area (Å²) in [5.41, 5.74) is 5.08. The maximum atomic E-state index is 12.4.